The zero-order valence-corrected chi connectivity index (χ0v) is 10.6. The van der Waals surface area contributed by atoms with Gasteiger partial charge < -0.3 is 0 Å². The number of rotatable bonds is 7. The highest BCUT2D eigenvalue weighted by molar-refractivity contribution is 5.16. The van der Waals surface area contributed by atoms with Crippen molar-refractivity contribution in [2.45, 2.75) is 52.2 Å². The molecule has 0 bridgehead atoms. The molecule has 2 atom stereocenters. The molecule has 0 aliphatic heterocycles. The Morgan fingerprint density at radius 1 is 1.19 bits per heavy atom. The molecule has 16 heavy (non-hydrogen) atoms. The summed E-state index contributed by atoms with van der Waals surface area (Å²) >= 11 is 0. The molecule has 2 unspecified atom stereocenters. The van der Waals surface area contributed by atoms with Crippen LogP contribution >= 0.6 is 0 Å². The van der Waals surface area contributed by atoms with Gasteiger partial charge in [-0.25, -0.2) is 0 Å². The third-order valence-electron chi connectivity index (χ3n) is 2.71. The van der Waals surface area contributed by atoms with E-state index in [0.29, 0.717) is 6.04 Å². The Bertz CT molecular complexity index is 273. The van der Waals surface area contributed by atoms with Gasteiger partial charge in [0.2, 0.25) is 0 Å². The van der Waals surface area contributed by atoms with E-state index in [-0.39, 0.29) is 6.10 Å². The molecule has 0 amide bonds. The number of nitrogens with one attached hydrogen (secondary N) is 1. The monoisotopic (exact) mass is 221 g/mol. The largest absolute Gasteiger partial charge is 0.294 e. The Morgan fingerprint density at radius 2 is 1.88 bits per heavy atom. The fraction of sp³-hybridized carbons (Fsp3) is 0.571. The summed E-state index contributed by atoms with van der Waals surface area (Å²) in [7, 11) is 0. The van der Waals surface area contributed by atoms with Crippen LogP contribution in [0.25, 0.3) is 0 Å². The van der Waals surface area contributed by atoms with Crippen molar-refractivity contribution in [2.75, 3.05) is 0 Å². The number of unbranched alkanes of at least 4 members (excludes halogenated alkanes) is 1. The number of hydrogen-bond acceptors (Lipinski definition) is 2. The fourth-order valence-corrected chi connectivity index (χ4v) is 1.58. The molecule has 2 nitrogen and oxygen atoms in total. The SMILES string of the molecule is CCCCC(C)NOC(C)c1ccccc1. The van der Waals surface area contributed by atoms with E-state index in [1.807, 2.05) is 18.2 Å². The second-order valence-electron chi connectivity index (χ2n) is 4.33. The average molecular weight is 221 g/mol. The zero-order valence-electron chi connectivity index (χ0n) is 10.6. The second kappa shape index (κ2) is 7.42. The van der Waals surface area contributed by atoms with Gasteiger partial charge in [-0.1, -0.05) is 50.1 Å². The molecule has 0 aromatic heterocycles. The van der Waals surface area contributed by atoms with Gasteiger partial charge in [0.25, 0.3) is 0 Å². The highest BCUT2D eigenvalue weighted by atomic mass is 16.7. The first-order valence-electron chi connectivity index (χ1n) is 6.20. The van der Waals surface area contributed by atoms with Gasteiger partial charge in [-0.15, -0.1) is 0 Å². The molecule has 2 heteroatoms. The molecule has 90 valence electrons. The molecular formula is C14H23NO. The fourth-order valence-electron chi connectivity index (χ4n) is 1.58. The van der Waals surface area contributed by atoms with Crippen molar-refractivity contribution in [3.05, 3.63) is 35.9 Å². The van der Waals surface area contributed by atoms with Gasteiger partial charge in [0.1, 0.15) is 6.10 Å². The minimum Gasteiger partial charge on any atom is -0.294 e. The molecule has 0 aliphatic rings. The molecule has 0 radical (unpaired) electrons. The highest BCUT2D eigenvalue weighted by Gasteiger charge is 2.07. The molecule has 1 rings (SSSR count). The van der Waals surface area contributed by atoms with E-state index in [4.69, 9.17) is 4.84 Å². The van der Waals surface area contributed by atoms with E-state index in [9.17, 15) is 0 Å². The first-order valence-corrected chi connectivity index (χ1v) is 6.20. The number of benzene rings is 1. The smallest absolute Gasteiger partial charge is 0.101 e. The lowest BCUT2D eigenvalue weighted by Gasteiger charge is -2.18. The molecule has 0 heterocycles. The van der Waals surface area contributed by atoms with Crippen molar-refractivity contribution in [3.63, 3.8) is 0 Å². The molecule has 0 spiro atoms. The van der Waals surface area contributed by atoms with Crippen LogP contribution in [0.1, 0.15) is 51.7 Å². The molecule has 0 aliphatic carbocycles. The van der Waals surface area contributed by atoms with Crippen LogP contribution in [0.15, 0.2) is 30.3 Å². The van der Waals surface area contributed by atoms with Gasteiger partial charge in [0, 0.05) is 6.04 Å². The first kappa shape index (κ1) is 13.2. The van der Waals surface area contributed by atoms with Crippen LogP contribution in [0, 0.1) is 0 Å². The molecule has 1 N–H and O–H groups in total. The lowest BCUT2D eigenvalue weighted by atomic mass is 10.1. The van der Waals surface area contributed by atoms with Crippen LogP contribution in [0.3, 0.4) is 0 Å². The number of hydroxylamine groups is 1. The average Bonchev–Trinajstić information content (AvgIpc) is 2.34. The van der Waals surface area contributed by atoms with E-state index in [1.54, 1.807) is 0 Å². The van der Waals surface area contributed by atoms with Gasteiger partial charge in [-0.05, 0) is 25.8 Å². The third kappa shape index (κ3) is 4.77. The summed E-state index contributed by atoms with van der Waals surface area (Å²) in [6.45, 7) is 6.43. The van der Waals surface area contributed by atoms with Gasteiger partial charge >= 0.3 is 0 Å². The standard InChI is InChI=1S/C14H23NO/c1-4-5-9-12(2)15-16-13(3)14-10-7-6-8-11-14/h6-8,10-13,15H,4-5,9H2,1-3H3. The van der Waals surface area contributed by atoms with Crippen molar-refractivity contribution in [1.29, 1.82) is 0 Å². The molecular weight excluding hydrogens is 198 g/mol. The summed E-state index contributed by atoms with van der Waals surface area (Å²) in [5, 5.41) is 0. The Morgan fingerprint density at radius 3 is 2.50 bits per heavy atom. The maximum atomic E-state index is 5.64. The lowest BCUT2D eigenvalue weighted by molar-refractivity contribution is -0.0351. The summed E-state index contributed by atoms with van der Waals surface area (Å²) in [5.74, 6) is 0. The molecule has 1 aromatic rings. The van der Waals surface area contributed by atoms with Crippen LogP contribution in [-0.2, 0) is 4.84 Å². The van der Waals surface area contributed by atoms with E-state index in [2.05, 4.69) is 38.4 Å². The van der Waals surface area contributed by atoms with Gasteiger partial charge in [0.05, 0.1) is 0 Å². The third-order valence-corrected chi connectivity index (χ3v) is 2.71. The maximum absolute atomic E-state index is 5.64. The van der Waals surface area contributed by atoms with E-state index in [0.717, 1.165) is 6.42 Å². The normalized spacial score (nSPS) is 14.7. The molecule has 0 fully saturated rings. The van der Waals surface area contributed by atoms with Crippen LogP contribution in [0.4, 0.5) is 0 Å². The molecule has 1 aromatic carbocycles. The first-order chi connectivity index (χ1) is 7.74. The Balaban J connectivity index is 2.27. The van der Waals surface area contributed by atoms with Crippen LogP contribution < -0.4 is 5.48 Å². The van der Waals surface area contributed by atoms with Crippen LogP contribution in [-0.4, -0.2) is 6.04 Å². The summed E-state index contributed by atoms with van der Waals surface area (Å²) in [6.07, 6.45) is 3.75. The minimum absolute atomic E-state index is 0.102. The lowest BCUT2D eigenvalue weighted by Crippen LogP contribution is -2.27. The molecule has 0 saturated heterocycles. The predicted octanol–water partition coefficient (Wildman–Crippen LogP) is 3.85. The van der Waals surface area contributed by atoms with Crippen molar-refractivity contribution in [3.8, 4) is 0 Å². The minimum atomic E-state index is 0.102. The summed E-state index contributed by atoms with van der Waals surface area (Å²) in [5.41, 5.74) is 4.32. The Kier molecular flexibility index (Phi) is 6.12. The van der Waals surface area contributed by atoms with E-state index in [1.165, 1.54) is 18.4 Å². The van der Waals surface area contributed by atoms with Gasteiger partial charge in [0.15, 0.2) is 0 Å². The van der Waals surface area contributed by atoms with Crippen molar-refractivity contribution in [1.82, 2.24) is 5.48 Å². The molecule has 0 saturated carbocycles. The highest BCUT2D eigenvalue weighted by Crippen LogP contribution is 2.14. The second-order valence-corrected chi connectivity index (χ2v) is 4.33. The summed E-state index contributed by atoms with van der Waals surface area (Å²) in [6, 6.07) is 10.7. The van der Waals surface area contributed by atoms with E-state index < -0.39 is 0 Å². The maximum Gasteiger partial charge on any atom is 0.101 e. The van der Waals surface area contributed by atoms with Crippen LogP contribution in [0.5, 0.6) is 0 Å². The summed E-state index contributed by atoms with van der Waals surface area (Å²) in [4.78, 5) is 5.64. The number of hydrogen-bond donors (Lipinski definition) is 1. The Labute approximate surface area is 99.0 Å². The van der Waals surface area contributed by atoms with E-state index >= 15 is 0 Å². The topological polar surface area (TPSA) is 21.3 Å². The predicted molar refractivity (Wildman–Crippen MR) is 68.1 cm³/mol. The zero-order chi connectivity index (χ0) is 11.8. The van der Waals surface area contributed by atoms with Crippen molar-refractivity contribution >= 4 is 0 Å². The van der Waals surface area contributed by atoms with Crippen LogP contribution in [0.2, 0.25) is 0 Å². The summed E-state index contributed by atoms with van der Waals surface area (Å²) < 4.78 is 0. The quantitative estimate of drug-likeness (QED) is 0.706. The van der Waals surface area contributed by atoms with Crippen molar-refractivity contribution < 1.29 is 4.84 Å². The van der Waals surface area contributed by atoms with Gasteiger partial charge in [-0.3, -0.25) is 4.84 Å². The Hall–Kier alpha value is -0.860. The van der Waals surface area contributed by atoms with Crippen molar-refractivity contribution in [2.24, 2.45) is 0 Å². The van der Waals surface area contributed by atoms with Gasteiger partial charge in [-0.2, -0.15) is 5.48 Å².